The summed E-state index contributed by atoms with van der Waals surface area (Å²) >= 11 is 0. The molecule has 98 valence electrons. The van der Waals surface area contributed by atoms with Crippen molar-refractivity contribution in [3.05, 3.63) is 64.0 Å². The highest BCUT2D eigenvalue weighted by Crippen LogP contribution is 2.22. The largest absolute Gasteiger partial charge is 0.484 e. The van der Waals surface area contributed by atoms with Crippen LogP contribution in [0.4, 0.5) is 14.5 Å². The number of benzene rings is 1. The van der Waals surface area contributed by atoms with Gasteiger partial charge in [0.05, 0.1) is 4.92 Å². The fourth-order valence-electron chi connectivity index (χ4n) is 1.45. The minimum Gasteiger partial charge on any atom is -0.484 e. The maximum atomic E-state index is 13.7. The molecule has 5 nitrogen and oxygen atoms in total. The number of nitro groups is 1. The van der Waals surface area contributed by atoms with Crippen LogP contribution >= 0.6 is 0 Å². The highest BCUT2D eigenvalue weighted by molar-refractivity contribution is 5.36. The average molecular weight is 266 g/mol. The quantitative estimate of drug-likeness (QED) is 0.485. The van der Waals surface area contributed by atoms with E-state index in [0.29, 0.717) is 0 Å². The maximum Gasteiger partial charge on any atom is 0.305 e. The summed E-state index contributed by atoms with van der Waals surface area (Å²) < 4.78 is 31.9. The van der Waals surface area contributed by atoms with Crippen molar-refractivity contribution in [2.45, 2.75) is 6.61 Å². The third-order valence-corrected chi connectivity index (χ3v) is 2.36. The highest BCUT2D eigenvalue weighted by Gasteiger charge is 2.17. The summed E-state index contributed by atoms with van der Waals surface area (Å²) in [6.45, 7) is -0.323. The van der Waals surface area contributed by atoms with Gasteiger partial charge in [0.25, 0.3) is 5.95 Å². The third kappa shape index (κ3) is 2.82. The van der Waals surface area contributed by atoms with Crippen LogP contribution in [0.5, 0.6) is 5.75 Å². The number of hydrogen-bond acceptors (Lipinski definition) is 4. The number of hydrogen-bond donors (Lipinski definition) is 0. The van der Waals surface area contributed by atoms with Crippen LogP contribution in [0.15, 0.2) is 36.5 Å². The maximum absolute atomic E-state index is 13.7. The Morgan fingerprint density at radius 3 is 2.74 bits per heavy atom. The summed E-state index contributed by atoms with van der Waals surface area (Å²) in [7, 11) is 0. The summed E-state index contributed by atoms with van der Waals surface area (Å²) in [5.74, 6) is -1.96. The minimum absolute atomic E-state index is 0.0301. The highest BCUT2D eigenvalue weighted by atomic mass is 19.1. The van der Waals surface area contributed by atoms with E-state index in [1.807, 2.05) is 0 Å². The predicted octanol–water partition coefficient (Wildman–Crippen LogP) is 2.85. The Morgan fingerprint density at radius 1 is 1.26 bits per heavy atom. The molecule has 2 rings (SSSR count). The molecule has 1 aromatic heterocycles. The zero-order valence-corrected chi connectivity index (χ0v) is 9.55. The van der Waals surface area contributed by atoms with Gasteiger partial charge < -0.3 is 4.74 Å². The lowest BCUT2D eigenvalue weighted by Crippen LogP contribution is -2.03. The third-order valence-electron chi connectivity index (χ3n) is 2.36. The van der Waals surface area contributed by atoms with Crippen molar-refractivity contribution in [3.63, 3.8) is 0 Å². The van der Waals surface area contributed by atoms with Gasteiger partial charge in [-0.05, 0) is 12.1 Å². The van der Waals surface area contributed by atoms with Crippen molar-refractivity contribution < 1.29 is 18.4 Å². The number of aromatic nitrogens is 1. The number of pyridine rings is 1. The molecule has 1 heterocycles. The van der Waals surface area contributed by atoms with Crippen LogP contribution in [-0.4, -0.2) is 9.91 Å². The van der Waals surface area contributed by atoms with E-state index >= 15 is 0 Å². The van der Waals surface area contributed by atoms with Crippen LogP contribution < -0.4 is 4.74 Å². The van der Waals surface area contributed by atoms with Crippen LogP contribution in [0.1, 0.15) is 5.56 Å². The van der Waals surface area contributed by atoms with Gasteiger partial charge in [0.2, 0.25) is 5.82 Å². The van der Waals surface area contributed by atoms with Crippen molar-refractivity contribution in [2.24, 2.45) is 0 Å². The molecule has 0 spiro atoms. The molecule has 0 aliphatic heterocycles. The standard InChI is InChI=1S/C12H8F2N2O3/c13-11-8(3-1-4-9(11)16(17)18)7-19-10-5-2-6-15-12(10)14/h1-6H,7H2. The van der Waals surface area contributed by atoms with E-state index in [9.17, 15) is 18.9 Å². The van der Waals surface area contributed by atoms with Gasteiger partial charge in [0.1, 0.15) is 6.61 Å². The number of nitro benzene ring substituents is 1. The fourth-order valence-corrected chi connectivity index (χ4v) is 1.45. The van der Waals surface area contributed by atoms with Crippen molar-refractivity contribution in [2.75, 3.05) is 0 Å². The van der Waals surface area contributed by atoms with Crippen LogP contribution in [0.3, 0.4) is 0 Å². The van der Waals surface area contributed by atoms with Crippen molar-refractivity contribution in [1.82, 2.24) is 4.98 Å². The molecule has 0 N–H and O–H groups in total. The molecule has 7 heteroatoms. The molecule has 0 saturated carbocycles. The van der Waals surface area contributed by atoms with E-state index in [0.717, 1.165) is 6.07 Å². The second-order valence-corrected chi connectivity index (χ2v) is 3.59. The zero-order chi connectivity index (χ0) is 13.8. The minimum atomic E-state index is -0.989. The number of halogens is 2. The van der Waals surface area contributed by atoms with Crippen molar-refractivity contribution >= 4 is 5.69 Å². The Morgan fingerprint density at radius 2 is 2.05 bits per heavy atom. The molecule has 0 atom stereocenters. The van der Waals surface area contributed by atoms with E-state index in [4.69, 9.17) is 4.74 Å². The summed E-state index contributed by atoms with van der Waals surface area (Å²) in [6.07, 6.45) is 1.25. The molecular weight excluding hydrogens is 258 g/mol. The fraction of sp³-hybridized carbons (Fsp3) is 0.0833. The lowest BCUT2D eigenvalue weighted by Gasteiger charge is -2.07. The van der Waals surface area contributed by atoms with Gasteiger partial charge in [-0.1, -0.05) is 12.1 Å². The lowest BCUT2D eigenvalue weighted by molar-refractivity contribution is -0.387. The predicted molar refractivity (Wildman–Crippen MR) is 61.6 cm³/mol. The second kappa shape index (κ2) is 5.38. The van der Waals surface area contributed by atoms with Gasteiger partial charge >= 0.3 is 5.69 Å². The Hall–Kier alpha value is -2.57. The van der Waals surface area contributed by atoms with Gasteiger partial charge in [-0.15, -0.1) is 0 Å². The smallest absolute Gasteiger partial charge is 0.305 e. The molecule has 0 fully saturated rings. The molecule has 0 amide bonds. The SMILES string of the molecule is O=[N+]([O-])c1cccc(COc2cccnc2F)c1F. The van der Waals surface area contributed by atoms with Crippen LogP contribution in [0.2, 0.25) is 0 Å². The first-order chi connectivity index (χ1) is 9.09. The summed E-state index contributed by atoms with van der Waals surface area (Å²) in [5.41, 5.74) is -0.676. The average Bonchev–Trinajstić information content (AvgIpc) is 2.39. The van der Waals surface area contributed by atoms with E-state index in [-0.39, 0.29) is 17.9 Å². The van der Waals surface area contributed by atoms with Gasteiger partial charge in [-0.3, -0.25) is 10.1 Å². The van der Waals surface area contributed by atoms with E-state index in [2.05, 4.69) is 4.98 Å². The Bertz CT molecular complexity index is 620. The summed E-state index contributed by atoms with van der Waals surface area (Å²) in [5, 5.41) is 10.6. The van der Waals surface area contributed by atoms with Gasteiger partial charge in [-0.25, -0.2) is 4.98 Å². The molecule has 0 radical (unpaired) electrons. The first-order valence-electron chi connectivity index (χ1n) is 5.24. The molecule has 0 saturated heterocycles. The first kappa shape index (κ1) is 12.9. The zero-order valence-electron chi connectivity index (χ0n) is 9.55. The molecule has 0 bridgehead atoms. The topological polar surface area (TPSA) is 65.3 Å². The van der Waals surface area contributed by atoms with Gasteiger partial charge in [0.15, 0.2) is 5.75 Å². The van der Waals surface area contributed by atoms with Gasteiger partial charge in [0, 0.05) is 17.8 Å². The molecule has 0 unspecified atom stereocenters. The normalized spacial score (nSPS) is 10.2. The van der Waals surface area contributed by atoms with Gasteiger partial charge in [-0.2, -0.15) is 8.78 Å². The Balaban J connectivity index is 2.19. The van der Waals surface area contributed by atoms with E-state index in [1.54, 1.807) is 0 Å². The summed E-state index contributed by atoms with van der Waals surface area (Å²) in [6, 6.07) is 6.50. The second-order valence-electron chi connectivity index (χ2n) is 3.59. The molecule has 19 heavy (non-hydrogen) atoms. The molecule has 0 aliphatic rings. The Kier molecular flexibility index (Phi) is 3.65. The van der Waals surface area contributed by atoms with Crippen LogP contribution in [0, 0.1) is 21.9 Å². The van der Waals surface area contributed by atoms with Crippen LogP contribution in [-0.2, 0) is 6.61 Å². The monoisotopic (exact) mass is 266 g/mol. The van der Waals surface area contributed by atoms with Crippen LogP contribution in [0.25, 0.3) is 0 Å². The molecule has 0 aliphatic carbocycles. The number of ether oxygens (including phenoxy) is 1. The first-order valence-corrected chi connectivity index (χ1v) is 5.24. The molecule has 2 aromatic rings. The number of nitrogens with zero attached hydrogens (tertiary/aromatic N) is 2. The lowest BCUT2D eigenvalue weighted by atomic mass is 10.2. The summed E-state index contributed by atoms with van der Waals surface area (Å²) in [4.78, 5) is 13.1. The van der Waals surface area contributed by atoms with E-state index < -0.39 is 22.4 Å². The number of rotatable bonds is 4. The van der Waals surface area contributed by atoms with Crippen molar-refractivity contribution in [1.29, 1.82) is 0 Å². The van der Waals surface area contributed by atoms with E-state index in [1.165, 1.54) is 30.5 Å². The molecule has 1 aromatic carbocycles. The molecular formula is C12H8F2N2O3. The van der Waals surface area contributed by atoms with Crippen molar-refractivity contribution in [3.8, 4) is 5.75 Å². The Labute approximate surface area is 106 Å².